The van der Waals surface area contributed by atoms with Crippen molar-refractivity contribution < 1.29 is 0 Å². The Morgan fingerprint density at radius 1 is 1.41 bits per heavy atom. The van der Waals surface area contributed by atoms with Crippen molar-refractivity contribution in [3.63, 3.8) is 0 Å². The fraction of sp³-hybridized carbons (Fsp3) is 0.0909. The molecule has 0 fully saturated rings. The molecule has 0 aliphatic rings. The van der Waals surface area contributed by atoms with E-state index in [4.69, 9.17) is 11.6 Å². The van der Waals surface area contributed by atoms with Crippen LogP contribution in [0.15, 0.2) is 28.9 Å². The lowest BCUT2D eigenvalue weighted by Crippen LogP contribution is -1.99. The van der Waals surface area contributed by atoms with Crippen LogP contribution < -0.4 is 5.32 Å². The van der Waals surface area contributed by atoms with Gasteiger partial charge in [0.25, 0.3) is 0 Å². The number of aromatic nitrogens is 2. The average molecular weight is 424 g/mol. The van der Waals surface area contributed by atoms with Gasteiger partial charge in [0.1, 0.15) is 5.82 Å². The third-order valence-electron chi connectivity index (χ3n) is 2.15. The molecule has 2 rings (SSSR count). The van der Waals surface area contributed by atoms with Crippen LogP contribution in [0.5, 0.6) is 0 Å². The molecule has 0 saturated heterocycles. The SMILES string of the molecule is CNc1nc(-c2ccc(Cl)cc2Br)ncc1I. The first-order chi connectivity index (χ1) is 8.11. The van der Waals surface area contributed by atoms with Crippen LogP contribution in [0, 0.1) is 3.57 Å². The molecular formula is C11H8BrClIN3. The highest BCUT2D eigenvalue weighted by atomic mass is 127. The molecule has 0 aliphatic carbocycles. The van der Waals surface area contributed by atoms with Crippen LogP contribution in [0.2, 0.25) is 5.02 Å². The Morgan fingerprint density at radius 3 is 2.82 bits per heavy atom. The minimum Gasteiger partial charge on any atom is -0.372 e. The summed E-state index contributed by atoms with van der Waals surface area (Å²) >= 11 is 11.6. The molecular weight excluding hydrogens is 416 g/mol. The molecule has 1 aromatic heterocycles. The molecule has 0 radical (unpaired) electrons. The van der Waals surface area contributed by atoms with Gasteiger partial charge in [-0.2, -0.15) is 0 Å². The number of hydrogen-bond acceptors (Lipinski definition) is 3. The van der Waals surface area contributed by atoms with Crippen molar-refractivity contribution in [2.75, 3.05) is 12.4 Å². The smallest absolute Gasteiger partial charge is 0.162 e. The van der Waals surface area contributed by atoms with Crippen molar-refractivity contribution >= 4 is 55.9 Å². The number of nitrogens with zero attached hydrogens (tertiary/aromatic N) is 2. The quantitative estimate of drug-likeness (QED) is 0.735. The maximum Gasteiger partial charge on any atom is 0.162 e. The van der Waals surface area contributed by atoms with Crippen molar-refractivity contribution in [2.45, 2.75) is 0 Å². The fourth-order valence-electron chi connectivity index (χ4n) is 1.34. The van der Waals surface area contributed by atoms with Gasteiger partial charge in [0.2, 0.25) is 0 Å². The summed E-state index contributed by atoms with van der Waals surface area (Å²) in [6.45, 7) is 0. The molecule has 0 aliphatic heterocycles. The van der Waals surface area contributed by atoms with Crippen molar-refractivity contribution in [2.24, 2.45) is 0 Å². The van der Waals surface area contributed by atoms with Crippen molar-refractivity contribution in [1.29, 1.82) is 0 Å². The number of anilines is 1. The van der Waals surface area contributed by atoms with E-state index in [1.54, 1.807) is 6.20 Å². The lowest BCUT2D eigenvalue weighted by atomic mass is 10.2. The van der Waals surface area contributed by atoms with E-state index in [9.17, 15) is 0 Å². The molecule has 0 amide bonds. The summed E-state index contributed by atoms with van der Waals surface area (Å²) in [5, 5.41) is 3.72. The maximum atomic E-state index is 5.90. The Morgan fingerprint density at radius 2 is 2.18 bits per heavy atom. The third-order valence-corrected chi connectivity index (χ3v) is 3.83. The zero-order valence-electron chi connectivity index (χ0n) is 8.84. The molecule has 1 heterocycles. The van der Waals surface area contributed by atoms with E-state index in [1.165, 1.54) is 0 Å². The second-order valence-corrected chi connectivity index (χ2v) is 5.72. The minimum atomic E-state index is 0.665. The lowest BCUT2D eigenvalue weighted by molar-refractivity contribution is 1.15. The van der Waals surface area contributed by atoms with Gasteiger partial charge < -0.3 is 5.32 Å². The Balaban J connectivity index is 2.53. The van der Waals surface area contributed by atoms with E-state index >= 15 is 0 Å². The highest BCUT2D eigenvalue weighted by molar-refractivity contribution is 14.1. The van der Waals surface area contributed by atoms with Crippen molar-refractivity contribution in [3.05, 3.63) is 37.5 Å². The summed E-state index contributed by atoms with van der Waals surface area (Å²) in [4.78, 5) is 8.76. The number of rotatable bonds is 2. The van der Waals surface area contributed by atoms with Crippen LogP contribution >= 0.6 is 50.1 Å². The van der Waals surface area contributed by atoms with Crippen molar-refractivity contribution in [1.82, 2.24) is 9.97 Å². The Hall–Kier alpha value is -0.400. The van der Waals surface area contributed by atoms with E-state index in [1.807, 2.05) is 25.2 Å². The first kappa shape index (κ1) is 13.0. The average Bonchev–Trinajstić information content (AvgIpc) is 2.30. The van der Waals surface area contributed by atoms with Gasteiger partial charge >= 0.3 is 0 Å². The van der Waals surface area contributed by atoms with E-state index in [0.29, 0.717) is 10.8 Å². The summed E-state index contributed by atoms with van der Waals surface area (Å²) in [6.07, 6.45) is 1.79. The molecule has 1 N–H and O–H groups in total. The molecule has 0 atom stereocenters. The summed E-state index contributed by atoms with van der Waals surface area (Å²) in [5.41, 5.74) is 0.919. The van der Waals surface area contributed by atoms with E-state index < -0.39 is 0 Å². The van der Waals surface area contributed by atoms with Gasteiger partial charge in [0, 0.05) is 28.3 Å². The third kappa shape index (κ3) is 2.89. The molecule has 0 spiro atoms. The molecule has 0 saturated carbocycles. The zero-order valence-corrected chi connectivity index (χ0v) is 13.3. The summed E-state index contributed by atoms with van der Waals surface area (Å²) in [6, 6.07) is 5.55. The largest absolute Gasteiger partial charge is 0.372 e. The molecule has 17 heavy (non-hydrogen) atoms. The van der Waals surface area contributed by atoms with Crippen LogP contribution in [0.3, 0.4) is 0 Å². The predicted molar refractivity (Wildman–Crippen MR) is 82.4 cm³/mol. The topological polar surface area (TPSA) is 37.8 Å². The Kier molecular flexibility index (Phi) is 4.22. The lowest BCUT2D eigenvalue weighted by Gasteiger charge is -2.07. The van der Waals surface area contributed by atoms with Crippen LogP contribution in [0.1, 0.15) is 0 Å². The van der Waals surface area contributed by atoms with Gasteiger partial charge in [-0.05, 0) is 56.7 Å². The fourth-order valence-corrected chi connectivity index (χ4v) is 2.73. The summed E-state index contributed by atoms with van der Waals surface area (Å²) < 4.78 is 1.87. The zero-order chi connectivity index (χ0) is 12.4. The molecule has 0 bridgehead atoms. The van der Waals surface area contributed by atoms with E-state index in [2.05, 4.69) is 53.8 Å². The number of benzene rings is 1. The second-order valence-electron chi connectivity index (χ2n) is 3.26. The second kappa shape index (κ2) is 5.49. The molecule has 2 aromatic rings. The van der Waals surface area contributed by atoms with Crippen LogP contribution in [0.4, 0.5) is 5.82 Å². The van der Waals surface area contributed by atoms with E-state index in [-0.39, 0.29) is 0 Å². The van der Waals surface area contributed by atoms with Crippen molar-refractivity contribution in [3.8, 4) is 11.4 Å². The van der Waals surface area contributed by atoms with Crippen LogP contribution in [-0.2, 0) is 0 Å². The maximum absolute atomic E-state index is 5.90. The normalized spacial score (nSPS) is 10.4. The van der Waals surface area contributed by atoms with Crippen LogP contribution in [-0.4, -0.2) is 17.0 Å². The van der Waals surface area contributed by atoms with E-state index in [0.717, 1.165) is 19.4 Å². The summed E-state index contributed by atoms with van der Waals surface area (Å²) in [7, 11) is 1.84. The molecule has 6 heteroatoms. The highest BCUT2D eigenvalue weighted by Crippen LogP contribution is 2.29. The molecule has 88 valence electrons. The number of nitrogens with one attached hydrogen (secondary N) is 1. The first-order valence-electron chi connectivity index (χ1n) is 4.77. The molecule has 3 nitrogen and oxygen atoms in total. The first-order valence-corrected chi connectivity index (χ1v) is 7.02. The van der Waals surface area contributed by atoms with Gasteiger partial charge in [-0.3, -0.25) is 0 Å². The predicted octanol–water partition coefficient (Wildman–Crippen LogP) is 4.21. The van der Waals surface area contributed by atoms with Gasteiger partial charge in [-0.15, -0.1) is 0 Å². The van der Waals surface area contributed by atoms with Gasteiger partial charge in [-0.1, -0.05) is 11.6 Å². The minimum absolute atomic E-state index is 0.665. The van der Waals surface area contributed by atoms with Gasteiger partial charge in [0.05, 0.1) is 3.57 Å². The number of halogens is 3. The van der Waals surface area contributed by atoms with Crippen LogP contribution in [0.25, 0.3) is 11.4 Å². The molecule has 1 aromatic carbocycles. The Labute approximate surface area is 126 Å². The number of hydrogen-bond donors (Lipinski definition) is 1. The van der Waals surface area contributed by atoms with Gasteiger partial charge in [0.15, 0.2) is 5.82 Å². The Bertz CT molecular complexity index is 562. The standard InChI is InChI=1S/C11H8BrClIN3/c1-15-11-9(14)5-16-10(17-11)7-3-2-6(13)4-8(7)12/h2-5H,1H3,(H,15,16,17). The molecule has 0 unspecified atom stereocenters. The van der Waals surface area contributed by atoms with Gasteiger partial charge in [-0.25, -0.2) is 9.97 Å². The monoisotopic (exact) mass is 423 g/mol. The highest BCUT2D eigenvalue weighted by Gasteiger charge is 2.09. The summed E-state index contributed by atoms with van der Waals surface area (Å²) in [5.74, 6) is 1.48.